The Morgan fingerprint density at radius 1 is 1.32 bits per heavy atom. The van der Waals surface area contributed by atoms with Crippen LogP contribution < -0.4 is 20.4 Å². The fraction of sp³-hybridized carbons (Fsp3) is 0.250. The summed E-state index contributed by atoms with van der Waals surface area (Å²) in [5.41, 5.74) is 4.68. The van der Waals surface area contributed by atoms with E-state index in [9.17, 15) is 14.7 Å². The van der Waals surface area contributed by atoms with Crippen LogP contribution in [0.5, 0.6) is 11.5 Å². The first kappa shape index (κ1) is 19.2. The monoisotopic (exact) mass is 382 g/mol. The summed E-state index contributed by atoms with van der Waals surface area (Å²) in [6.45, 7) is 0.757. The number of phenols is 1. The maximum Gasteiger partial charge on any atom is 0.259 e. The van der Waals surface area contributed by atoms with E-state index in [2.05, 4.69) is 15.8 Å². The molecule has 0 unspecified atom stereocenters. The lowest BCUT2D eigenvalue weighted by Crippen LogP contribution is -2.26. The molecule has 3 N–H and O–H groups in total. The van der Waals surface area contributed by atoms with Crippen LogP contribution in [0.25, 0.3) is 0 Å². The molecule has 8 heteroatoms. The average molecular weight is 382 g/mol. The zero-order valence-electron chi connectivity index (χ0n) is 15.5. The number of hydrogen-bond donors (Lipinski definition) is 3. The van der Waals surface area contributed by atoms with Crippen LogP contribution in [0.4, 0.5) is 11.4 Å². The van der Waals surface area contributed by atoms with Crippen molar-refractivity contribution in [1.29, 1.82) is 0 Å². The van der Waals surface area contributed by atoms with Gasteiger partial charge in [-0.25, -0.2) is 5.43 Å². The topological polar surface area (TPSA) is 103 Å². The second-order valence-electron chi connectivity index (χ2n) is 6.28. The third-order valence-corrected chi connectivity index (χ3v) is 4.29. The average Bonchev–Trinajstić information content (AvgIpc) is 3.14. The van der Waals surface area contributed by atoms with Crippen LogP contribution in [-0.4, -0.2) is 43.3 Å². The zero-order valence-corrected chi connectivity index (χ0v) is 15.5. The molecule has 3 rings (SSSR count). The van der Waals surface area contributed by atoms with Crippen LogP contribution in [0.1, 0.15) is 18.4 Å². The normalized spacial score (nSPS) is 13.8. The Balaban J connectivity index is 1.51. The summed E-state index contributed by atoms with van der Waals surface area (Å²) in [5, 5.41) is 16.5. The van der Waals surface area contributed by atoms with Gasteiger partial charge in [-0.15, -0.1) is 0 Å². The van der Waals surface area contributed by atoms with Crippen molar-refractivity contribution in [2.75, 3.05) is 30.4 Å². The number of amides is 2. The van der Waals surface area contributed by atoms with Crippen LogP contribution in [0.3, 0.4) is 0 Å². The van der Waals surface area contributed by atoms with Gasteiger partial charge in [0.05, 0.1) is 19.9 Å². The number of anilines is 2. The molecule has 0 aromatic heterocycles. The molecule has 0 atom stereocenters. The molecule has 1 aliphatic rings. The number of phenolic OH excluding ortho intramolecular Hbond substituents is 1. The Labute approximate surface area is 162 Å². The van der Waals surface area contributed by atoms with E-state index in [0.717, 1.165) is 24.3 Å². The number of hydrazone groups is 1. The number of carbonyl (C=O) groups excluding carboxylic acids is 2. The number of rotatable bonds is 7. The molecular formula is C20H22N4O4. The molecule has 28 heavy (non-hydrogen) atoms. The highest BCUT2D eigenvalue weighted by molar-refractivity contribution is 5.95. The van der Waals surface area contributed by atoms with Crippen molar-refractivity contribution in [2.24, 2.45) is 5.10 Å². The summed E-state index contributed by atoms with van der Waals surface area (Å²) in [7, 11) is 1.46. The van der Waals surface area contributed by atoms with E-state index in [1.807, 2.05) is 24.3 Å². The minimum absolute atomic E-state index is 0.0331. The first-order valence-electron chi connectivity index (χ1n) is 8.90. The Morgan fingerprint density at radius 3 is 2.93 bits per heavy atom. The van der Waals surface area contributed by atoms with Crippen LogP contribution >= 0.6 is 0 Å². The molecule has 0 aliphatic carbocycles. The number of nitrogens with zero attached hydrogens (tertiary/aromatic N) is 2. The molecule has 1 fully saturated rings. The van der Waals surface area contributed by atoms with E-state index in [4.69, 9.17) is 4.74 Å². The summed E-state index contributed by atoms with van der Waals surface area (Å²) in [6, 6.07) is 12.2. The summed E-state index contributed by atoms with van der Waals surface area (Å²) < 4.78 is 5.02. The van der Waals surface area contributed by atoms with Crippen LogP contribution in [-0.2, 0) is 9.59 Å². The Kier molecular flexibility index (Phi) is 6.11. The standard InChI is InChI=1S/C20H22N4O4/c1-28-18-10-14(7-8-17(18)25)12-22-23-19(26)13-21-15-4-2-5-16(11-15)24-9-3-6-20(24)27/h2,4-5,7-8,10-12,21,25H,3,6,9,13H2,1H3,(H,23,26)/b22-12+. The van der Waals surface area contributed by atoms with E-state index < -0.39 is 0 Å². The van der Waals surface area contributed by atoms with E-state index in [0.29, 0.717) is 17.7 Å². The summed E-state index contributed by atoms with van der Waals surface area (Å²) in [5.74, 6) is 0.166. The van der Waals surface area contributed by atoms with Crippen LogP contribution in [0, 0.1) is 0 Å². The first-order chi connectivity index (χ1) is 13.6. The number of methoxy groups -OCH3 is 1. The minimum atomic E-state index is -0.315. The third kappa shape index (κ3) is 4.79. The van der Waals surface area contributed by atoms with Gasteiger partial charge in [-0.05, 0) is 48.4 Å². The van der Waals surface area contributed by atoms with Crippen molar-refractivity contribution in [1.82, 2.24) is 5.43 Å². The molecule has 2 aromatic rings. The molecule has 0 bridgehead atoms. The molecule has 1 heterocycles. The van der Waals surface area contributed by atoms with Gasteiger partial charge in [0.15, 0.2) is 11.5 Å². The largest absolute Gasteiger partial charge is 0.504 e. The van der Waals surface area contributed by atoms with Gasteiger partial charge < -0.3 is 20.1 Å². The molecular weight excluding hydrogens is 360 g/mol. The van der Waals surface area contributed by atoms with Gasteiger partial charge in [-0.3, -0.25) is 9.59 Å². The summed E-state index contributed by atoms with van der Waals surface area (Å²) >= 11 is 0. The SMILES string of the molecule is COc1cc(/C=N/NC(=O)CNc2cccc(N3CCCC3=O)c2)ccc1O. The van der Waals surface area contributed by atoms with Gasteiger partial charge in [0.25, 0.3) is 5.91 Å². The third-order valence-electron chi connectivity index (χ3n) is 4.29. The van der Waals surface area contributed by atoms with Gasteiger partial charge in [-0.1, -0.05) is 6.07 Å². The second kappa shape index (κ2) is 8.90. The van der Waals surface area contributed by atoms with E-state index in [1.165, 1.54) is 19.4 Å². The van der Waals surface area contributed by atoms with E-state index in [-0.39, 0.29) is 24.1 Å². The van der Waals surface area contributed by atoms with E-state index in [1.54, 1.807) is 17.0 Å². The first-order valence-corrected chi connectivity index (χ1v) is 8.90. The fourth-order valence-electron chi connectivity index (χ4n) is 2.88. The van der Waals surface area contributed by atoms with Gasteiger partial charge in [0.1, 0.15) is 0 Å². The number of benzene rings is 2. The quantitative estimate of drug-likeness (QED) is 0.503. The minimum Gasteiger partial charge on any atom is -0.504 e. The molecule has 0 saturated carbocycles. The molecule has 2 amide bonds. The number of hydrogen-bond acceptors (Lipinski definition) is 6. The lowest BCUT2D eigenvalue weighted by atomic mass is 10.2. The van der Waals surface area contributed by atoms with Crippen molar-refractivity contribution in [3.05, 3.63) is 48.0 Å². The van der Waals surface area contributed by atoms with Crippen molar-refractivity contribution in [3.63, 3.8) is 0 Å². The van der Waals surface area contributed by atoms with Crippen molar-refractivity contribution < 1.29 is 19.4 Å². The van der Waals surface area contributed by atoms with Gasteiger partial charge >= 0.3 is 0 Å². The highest BCUT2D eigenvalue weighted by Gasteiger charge is 2.21. The maximum absolute atomic E-state index is 12.0. The predicted octanol–water partition coefficient (Wildman–Crippen LogP) is 2.09. The fourth-order valence-corrected chi connectivity index (χ4v) is 2.88. The maximum atomic E-state index is 12.0. The highest BCUT2D eigenvalue weighted by Crippen LogP contribution is 2.25. The number of nitrogens with one attached hydrogen (secondary N) is 2. The number of aromatic hydroxyl groups is 1. The molecule has 8 nitrogen and oxygen atoms in total. The Bertz CT molecular complexity index is 898. The van der Waals surface area contributed by atoms with Gasteiger partial charge in [0, 0.05) is 24.3 Å². The highest BCUT2D eigenvalue weighted by atomic mass is 16.5. The molecule has 1 saturated heterocycles. The smallest absolute Gasteiger partial charge is 0.259 e. The molecule has 2 aromatic carbocycles. The lowest BCUT2D eigenvalue weighted by molar-refractivity contribution is -0.119. The lowest BCUT2D eigenvalue weighted by Gasteiger charge is -2.16. The summed E-state index contributed by atoms with van der Waals surface area (Å²) in [4.78, 5) is 25.6. The number of ether oxygens (including phenoxy) is 1. The predicted molar refractivity (Wildman–Crippen MR) is 107 cm³/mol. The molecule has 0 spiro atoms. The Morgan fingerprint density at radius 2 is 2.18 bits per heavy atom. The Hall–Kier alpha value is -3.55. The second-order valence-corrected chi connectivity index (χ2v) is 6.28. The molecule has 146 valence electrons. The zero-order chi connectivity index (χ0) is 19.9. The molecule has 0 radical (unpaired) electrons. The van der Waals surface area contributed by atoms with Crippen LogP contribution in [0.2, 0.25) is 0 Å². The van der Waals surface area contributed by atoms with Gasteiger partial charge in [0.2, 0.25) is 5.91 Å². The van der Waals surface area contributed by atoms with Crippen molar-refractivity contribution in [2.45, 2.75) is 12.8 Å². The van der Waals surface area contributed by atoms with Gasteiger partial charge in [-0.2, -0.15) is 5.10 Å². The van der Waals surface area contributed by atoms with Crippen LogP contribution in [0.15, 0.2) is 47.6 Å². The van der Waals surface area contributed by atoms with Crippen molar-refractivity contribution in [3.8, 4) is 11.5 Å². The molecule has 1 aliphatic heterocycles. The van der Waals surface area contributed by atoms with E-state index >= 15 is 0 Å². The number of carbonyl (C=O) groups is 2. The summed E-state index contributed by atoms with van der Waals surface area (Å²) in [6.07, 6.45) is 2.90. The van der Waals surface area contributed by atoms with Crippen molar-refractivity contribution >= 4 is 29.4 Å².